The Bertz CT molecular complexity index is 1400. The van der Waals surface area contributed by atoms with E-state index in [9.17, 15) is 14.4 Å². The van der Waals surface area contributed by atoms with E-state index < -0.39 is 0 Å². The first kappa shape index (κ1) is 18.5. The molecule has 5 nitrogen and oxygen atoms in total. The molecule has 0 radical (unpaired) electrons. The van der Waals surface area contributed by atoms with Gasteiger partial charge in [-0.1, -0.05) is 36.4 Å². The molecule has 0 atom stereocenters. The zero-order chi connectivity index (χ0) is 21.8. The van der Waals surface area contributed by atoms with Crippen molar-refractivity contribution in [3.8, 4) is 0 Å². The molecule has 0 saturated heterocycles. The van der Waals surface area contributed by atoms with Gasteiger partial charge in [0.2, 0.25) is 0 Å². The van der Waals surface area contributed by atoms with Crippen molar-refractivity contribution in [2.24, 2.45) is 0 Å². The summed E-state index contributed by atoms with van der Waals surface area (Å²) < 4.78 is 0. The van der Waals surface area contributed by atoms with Crippen LogP contribution in [-0.2, 0) is 12.8 Å². The van der Waals surface area contributed by atoms with Crippen molar-refractivity contribution in [2.45, 2.75) is 12.8 Å². The molecule has 32 heavy (non-hydrogen) atoms. The number of hydrogen-bond acceptors (Lipinski definition) is 3. The highest BCUT2D eigenvalue weighted by molar-refractivity contribution is 6.36. The number of nitrogens with zero attached hydrogens (tertiary/aromatic N) is 1. The average Bonchev–Trinajstić information content (AvgIpc) is 3.25. The summed E-state index contributed by atoms with van der Waals surface area (Å²) in [6.07, 6.45) is 1.86. The largest absolute Gasteiger partial charge is 0.322 e. The summed E-state index contributed by atoms with van der Waals surface area (Å²) in [5, 5.41) is 4.65. The lowest BCUT2D eigenvalue weighted by Gasteiger charge is -2.28. The fourth-order valence-electron chi connectivity index (χ4n) is 4.76. The number of aryl methyl sites for hydroxylation is 2. The van der Waals surface area contributed by atoms with Gasteiger partial charge in [-0.2, -0.15) is 0 Å². The monoisotopic (exact) mass is 418 g/mol. The van der Waals surface area contributed by atoms with E-state index in [4.69, 9.17) is 0 Å². The third kappa shape index (κ3) is 2.68. The van der Waals surface area contributed by atoms with Gasteiger partial charge in [0.15, 0.2) is 0 Å². The molecule has 1 heterocycles. The van der Waals surface area contributed by atoms with Gasteiger partial charge in [0.05, 0.1) is 5.69 Å². The van der Waals surface area contributed by atoms with Crippen LogP contribution >= 0.6 is 0 Å². The van der Waals surface area contributed by atoms with E-state index >= 15 is 0 Å². The van der Waals surface area contributed by atoms with Crippen molar-refractivity contribution in [3.63, 3.8) is 0 Å². The minimum atomic E-state index is -0.362. The van der Waals surface area contributed by atoms with Crippen molar-refractivity contribution in [1.29, 1.82) is 0 Å². The standard InChI is InChI=1S/C27H18N2O3/c30-25(28-19-6-2-1-3-7-19)18-5-4-8-20(15-18)29-26(31)21-13-11-16-9-10-17-12-14-22(27(29)32)24(21)23(16)17/h1-8,11-15H,9-10H2,(H,28,30). The molecule has 3 amide bonds. The van der Waals surface area contributed by atoms with Crippen LogP contribution in [0.15, 0.2) is 78.9 Å². The number of para-hydroxylation sites is 1. The highest BCUT2D eigenvalue weighted by Crippen LogP contribution is 2.39. The zero-order valence-corrected chi connectivity index (χ0v) is 17.1. The first-order valence-electron chi connectivity index (χ1n) is 10.5. The first-order valence-corrected chi connectivity index (χ1v) is 10.5. The molecule has 0 aromatic heterocycles. The minimum Gasteiger partial charge on any atom is -0.322 e. The normalized spacial score (nSPS) is 14.2. The van der Waals surface area contributed by atoms with Crippen LogP contribution < -0.4 is 10.2 Å². The number of hydrogen-bond donors (Lipinski definition) is 1. The molecule has 6 rings (SSSR count). The van der Waals surface area contributed by atoms with E-state index in [1.807, 2.05) is 42.5 Å². The summed E-state index contributed by atoms with van der Waals surface area (Å²) in [5.41, 5.74) is 4.85. The Labute approximate surface area is 184 Å². The van der Waals surface area contributed by atoms with Gasteiger partial charge >= 0.3 is 0 Å². The van der Waals surface area contributed by atoms with Gasteiger partial charge in [0.1, 0.15) is 0 Å². The second-order valence-corrected chi connectivity index (χ2v) is 8.11. The Kier molecular flexibility index (Phi) is 3.98. The van der Waals surface area contributed by atoms with Crippen LogP contribution in [0.3, 0.4) is 0 Å². The fourth-order valence-corrected chi connectivity index (χ4v) is 4.76. The van der Waals surface area contributed by atoms with Gasteiger partial charge < -0.3 is 5.32 Å². The van der Waals surface area contributed by atoms with Crippen LogP contribution in [0.5, 0.6) is 0 Å². The van der Waals surface area contributed by atoms with Crippen LogP contribution in [0, 0.1) is 0 Å². The summed E-state index contributed by atoms with van der Waals surface area (Å²) >= 11 is 0. The van der Waals surface area contributed by atoms with Crippen LogP contribution in [0.2, 0.25) is 0 Å². The number of amides is 3. The number of benzene rings is 4. The molecule has 5 heteroatoms. The maximum Gasteiger partial charge on any atom is 0.265 e. The lowest BCUT2D eigenvalue weighted by molar-refractivity contribution is 0.0892. The van der Waals surface area contributed by atoms with Crippen molar-refractivity contribution in [3.05, 3.63) is 107 Å². The molecule has 1 aliphatic carbocycles. The second kappa shape index (κ2) is 6.89. The van der Waals surface area contributed by atoms with Crippen molar-refractivity contribution in [2.75, 3.05) is 10.2 Å². The summed E-state index contributed by atoms with van der Waals surface area (Å²) in [4.78, 5) is 40.8. The smallest absolute Gasteiger partial charge is 0.265 e. The van der Waals surface area contributed by atoms with Gasteiger partial charge in [-0.05, 0) is 71.8 Å². The van der Waals surface area contributed by atoms with Gasteiger partial charge in [-0.3, -0.25) is 14.4 Å². The third-order valence-corrected chi connectivity index (χ3v) is 6.26. The van der Waals surface area contributed by atoms with Crippen LogP contribution in [0.4, 0.5) is 11.4 Å². The van der Waals surface area contributed by atoms with Crippen molar-refractivity contribution >= 4 is 39.9 Å². The highest BCUT2D eigenvalue weighted by atomic mass is 16.2. The topological polar surface area (TPSA) is 66.5 Å². The lowest BCUT2D eigenvalue weighted by atomic mass is 9.91. The Morgan fingerprint density at radius 3 is 2.03 bits per heavy atom. The number of rotatable bonds is 3. The highest BCUT2D eigenvalue weighted by Gasteiger charge is 2.36. The van der Waals surface area contributed by atoms with E-state index in [1.54, 1.807) is 36.4 Å². The van der Waals surface area contributed by atoms with E-state index in [2.05, 4.69) is 5.32 Å². The molecule has 4 aromatic carbocycles. The van der Waals surface area contributed by atoms with Gasteiger partial charge in [-0.25, -0.2) is 4.90 Å². The molecule has 1 N–H and O–H groups in total. The quantitative estimate of drug-likeness (QED) is 0.477. The van der Waals surface area contributed by atoms with Crippen LogP contribution in [0.25, 0.3) is 10.8 Å². The van der Waals surface area contributed by atoms with Gasteiger partial charge in [0.25, 0.3) is 17.7 Å². The Morgan fingerprint density at radius 2 is 1.38 bits per heavy atom. The first-order chi connectivity index (χ1) is 15.6. The number of anilines is 2. The minimum absolute atomic E-state index is 0.308. The number of nitrogens with one attached hydrogen (secondary N) is 1. The van der Waals surface area contributed by atoms with Gasteiger partial charge in [-0.15, -0.1) is 0 Å². The second-order valence-electron chi connectivity index (χ2n) is 8.11. The third-order valence-electron chi connectivity index (χ3n) is 6.26. The summed E-state index contributed by atoms with van der Waals surface area (Å²) in [6.45, 7) is 0. The Balaban J connectivity index is 1.41. The maximum atomic E-state index is 13.4. The average molecular weight is 418 g/mol. The number of carbonyl (C=O) groups is 3. The molecule has 0 bridgehead atoms. The fraction of sp³-hybridized carbons (Fsp3) is 0.0741. The predicted molar refractivity (Wildman–Crippen MR) is 123 cm³/mol. The maximum absolute atomic E-state index is 13.4. The van der Waals surface area contributed by atoms with E-state index in [0.717, 1.165) is 23.6 Å². The molecule has 1 aliphatic heterocycles. The van der Waals surface area contributed by atoms with Crippen molar-refractivity contribution < 1.29 is 14.4 Å². The molecular formula is C27H18N2O3. The molecule has 0 spiro atoms. The summed E-state index contributed by atoms with van der Waals surface area (Å²) in [5.74, 6) is -1.03. The van der Waals surface area contributed by atoms with Crippen molar-refractivity contribution in [1.82, 2.24) is 0 Å². The summed E-state index contributed by atoms with van der Waals surface area (Å²) in [7, 11) is 0. The molecule has 154 valence electrons. The molecule has 0 saturated carbocycles. The van der Waals surface area contributed by atoms with E-state index in [-0.39, 0.29) is 17.7 Å². The van der Waals surface area contributed by atoms with Crippen LogP contribution in [0.1, 0.15) is 42.2 Å². The SMILES string of the molecule is O=C(Nc1ccccc1)c1cccc(N2C(=O)c3ccc4c5c(ccc(c35)C2=O)CC4)c1. The molecule has 0 fully saturated rings. The molecule has 4 aromatic rings. The molecule has 0 unspecified atom stereocenters. The van der Waals surface area contributed by atoms with E-state index in [1.165, 1.54) is 16.0 Å². The van der Waals surface area contributed by atoms with E-state index in [0.29, 0.717) is 28.1 Å². The Hall–Kier alpha value is -4.25. The predicted octanol–water partition coefficient (Wildman–Crippen LogP) is 4.99. The van der Waals surface area contributed by atoms with Gasteiger partial charge in [0, 0.05) is 27.8 Å². The lowest BCUT2D eigenvalue weighted by Crippen LogP contribution is -2.40. The zero-order valence-electron chi connectivity index (χ0n) is 17.1. The molecular weight excluding hydrogens is 400 g/mol. The summed E-state index contributed by atoms with van der Waals surface area (Å²) in [6, 6.07) is 23.4. The van der Waals surface area contributed by atoms with Crippen LogP contribution in [-0.4, -0.2) is 17.7 Å². The number of imide groups is 1. The Morgan fingerprint density at radius 1 is 0.719 bits per heavy atom. The number of carbonyl (C=O) groups excluding carboxylic acids is 3. The molecule has 2 aliphatic rings.